The molecule has 1 aliphatic rings. The van der Waals surface area contributed by atoms with Crippen molar-refractivity contribution in [2.45, 2.75) is 38.6 Å². The lowest BCUT2D eigenvalue weighted by atomic mass is 9.73. The summed E-state index contributed by atoms with van der Waals surface area (Å²) in [6, 6.07) is 10.5. The molecule has 3 heterocycles. The first kappa shape index (κ1) is 16.0. The lowest BCUT2D eigenvalue weighted by Crippen LogP contribution is -2.36. The van der Waals surface area contributed by atoms with E-state index in [2.05, 4.69) is 41.4 Å². The van der Waals surface area contributed by atoms with Gasteiger partial charge >= 0.3 is 0 Å². The third-order valence-corrected chi connectivity index (χ3v) is 4.99. The Hall–Kier alpha value is -2.47. The number of hydrogen-bond acceptors (Lipinski definition) is 5. The SMILES string of the molecule is CCn1ccc(-c2nc(C3(c4ccc(C)cc4)CCOCC3)no2)n1. The summed E-state index contributed by atoms with van der Waals surface area (Å²) in [4.78, 5) is 4.71. The molecule has 0 unspecified atom stereocenters. The van der Waals surface area contributed by atoms with Crippen molar-refractivity contribution in [3.05, 3.63) is 53.5 Å². The summed E-state index contributed by atoms with van der Waals surface area (Å²) in [5, 5.41) is 8.79. The highest BCUT2D eigenvalue weighted by atomic mass is 16.5. The molecule has 4 rings (SSSR count). The van der Waals surface area contributed by atoms with Gasteiger partial charge in [-0.05, 0) is 38.3 Å². The minimum Gasteiger partial charge on any atom is -0.381 e. The minimum absolute atomic E-state index is 0.263. The van der Waals surface area contributed by atoms with Crippen LogP contribution in [-0.2, 0) is 16.7 Å². The first-order chi connectivity index (χ1) is 12.2. The molecule has 3 aromatic rings. The molecule has 1 fully saturated rings. The van der Waals surface area contributed by atoms with Crippen LogP contribution in [0.5, 0.6) is 0 Å². The van der Waals surface area contributed by atoms with E-state index in [4.69, 9.17) is 14.2 Å². The van der Waals surface area contributed by atoms with Crippen LogP contribution >= 0.6 is 0 Å². The average Bonchev–Trinajstić information content (AvgIpc) is 3.32. The summed E-state index contributed by atoms with van der Waals surface area (Å²) in [6.07, 6.45) is 3.61. The van der Waals surface area contributed by atoms with Crippen molar-refractivity contribution in [1.29, 1.82) is 0 Å². The average molecular weight is 338 g/mol. The van der Waals surface area contributed by atoms with E-state index in [0.717, 1.165) is 25.2 Å². The lowest BCUT2D eigenvalue weighted by molar-refractivity contribution is 0.0597. The standard InChI is InChI=1S/C19H22N4O2/c1-3-23-11-8-16(21-23)17-20-18(22-25-17)19(9-12-24-13-10-19)15-6-4-14(2)5-7-15/h4-8,11H,3,9-10,12-13H2,1-2H3. The zero-order valence-corrected chi connectivity index (χ0v) is 14.6. The summed E-state index contributed by atoms with van der Waals surface area (Å²) < 4.78 is 13.0. The molecule has 0 spiro atoms. The molecule has 0 radical (unpaired) electrons. The van der Waals surface area contributed by atoms with Crippen LogP contribution in [0.3, 0.4) is 0 Å². The Labute approximate surface area is 146 Å². The number of aromatic nitrogens is 4. The van der Waals surface area contributed by atoms with Gasteiger partial charge in [-0.25, -0.2) is 0 Å². The molecule has 130 valence electrons. The van der Waals surface area contributed by atoms with Gasteiger partial charge in [-0.2, -0.15) is 10.1 Å². The molecule has 0 N–H and O–H groups in total. The summed E-state index contributed by atoms with van der Waals surface area (Å²) in [7, 11) is 0. The maximum Gasteiger partial charge on any atom is 0.278 e. The van der Waals surface area contributed by atoms with E-state index in [9.17, 15) is 0 Å². The highest BCUT2D eigenvalue weighted by Gasteiger charge is 2.40. The summed E-state index contributed by atoms with van der Waals surface area (Å²) in [5.74, 6) is 1.20. The van der Waals surface area contributed by atoms with Gasteiger partial charge in [0.2, 0.25) is 0 Å². The first-order valence-electron chi connectivity index (χ1n) is 8.74. The van der Waals surface area contributed by atoms with Crippen molar-refractivity contribution in [2.75, 3.05) is 13.2 Å². The van der Waals surface area contributed by atoms with Gasteiger partial charge in [0.1, 0.15) is 0 Å². The maximum atomic E-state index is 5.60. The first-order valence-corrected chi connectivity index (χ1v) is 8.74. The molecule has 6 nitrogen and oxygen atoms in total. The van der Waals surface area contributed by atoms with Crippen LogP contribution in [-0.4, -0.2) is 33.1 Å². The van der Waals surface area contributed by atoms with Crippen LogP contribution in [0.2, 0.25) is 0 Å². The van der Waals surface area contributed by atoms with Gasteiger partial charge in [-0.1, -0.05) is 35.0 Å². The Morgan fingerprint density at radius 1 is 1.12 bits per heavy atom. The Bertz CT molecular complexity index is 844. The van der Waals surface area contributed by atoms with E-state index < -0.39 is 0 Å². The molecule has 0 bridgehead atoms. The fourth-order valence-electron chi connectivity index (χ4n) is 3.41. The monoisotopic (exact) mass is 338 g/mol. The predicted octanol–water partition coefficient (Wildman–Crippen LogP) is 3.36. The molecule has 1 aliphatic heterocycles. The van der Waals surface area contributed by atoms with E-state index in [1.54, 1.807) is 0 Å². The highest BCUT2D eigenvalue weighted by molar-refractivity contribution is 5.46. The molecule has 0 atom stereocenters. The lowest BCUT2D eigenvalue weighted by Gasteiger charge is -2.34. The molecular formula is C19H22N4O2. The van der Waals surface area contributed by atoms with E-state index in [1.807, 2.05) is 23.9 Å². The molecule has 0 aliphatic carbocycles. The number of aryl methyl sites for hydroxylation is 2. The van der Waals surface area contributed by atoms with E-state index in [-0.39, 0.29) is 5.41 Å². The fourth-order valence-corrected chi connectivity index (χ4v) is 3.41. The zero-order valence-electron chi connectivity index (χ0n) is 14.6. The second-order valence-electron chi connectivity index (χ2n) is 6.54. The number of rotatable bonds is 4. The molecule has 1 aromatic carbocycles. The third-order valence-electron chi connectivity index (χ3n) is 4.99. The smallest absolute Gasteiger partial charge is 0.278 e. The van der Waals surface area contributed by atoms with Crippen LogP contribution in [0.1, 0.15) is 36.7 Å². The maximum absolute atomic E-state index is 5.60. The molecule has 0 amide bonds. The van der Waals surface area contributed by atoms with Gasteiger partial charge in [0.05, 0.1) is 5.41 Å². The normalized spacial score (nSPS) is 16.9. The second kappa shape index (κ2) is 6.44. The van der Waals surface area contributed by atoms with Gasteiger partial charge in [0, 0.05) is 26.0 Å². The number of hydrogen-bond donors (Lipinski definition) is 0. The van der Waals surface area contributed by atoms with Crippen molar-refractivity contribution >= 4 is 0 Å². The minimum atomic E-state index is -0.263. The van der Waals surface area contributed by atoms with Crippen molar-refractivity contribution in [3.63, 3.8) is 0 Å². The Kier molecular flexibility index (Phi) is 4.13. The van der Waals surface area contributed by atoms with E-state index >= 15 is 0 Å². The summed E-state index contributed by atoms with van der Waals surface area (Å²) in [6.45, 7) is 6.34. The van der Waals surface area contributed by atoms with Crippen LogP contribution < -0.4 is 0 Å². The number of benzene rings is 1. The number of nitrogens with zero attached hydrogens (tertiary/aromatic N) is 4. The fraction of sp³-hybridized carbons (Fsp3) is 0.421. The van der Waals surface area contributed by atoms with Gasteiger partial charge in [-0.15, -0.1) is 0 Å². The van der Waals surface area contributed by atoms with Crippen LogP contribution in [0.4, 0.5) is 0 Å². The van der Waals surface area contributed by atoms with E-state index in [1.165, 1.54) is 11.1 Å². The Balaban J connectivity index is 1.74. The zero-order chi connectivity index (χ0) is 17.3. The molecule has 1 saturated heterocycles. The molecule has 6 heteroatoms. The van der Waals surface area contributed by atoms with Crippen molar-refractivity contribution in [3.8, 4) is 11.6 Å². The largest absolute Gasteiger partial charge is 0.381 e. The molecule has 25 heavy (non-hydrogen) atoms. The van der Waals surface area contributed by atoms with Crippen molar-refractivity contribution < 1.29 is 9.26 Å². The summed E-state index contributed by atoms with van der Waals surface area (Å²) >= 11 is 0. The quantitative estimate of drug-likeness (QED) is 0.730. The van der Waals surface area contributed by atoms with Crippen LogP contribution in [0.15, 0.2) is 41.1 Å². The molecular weight excluding hydrogens is 316 g/mol. The van der Waals surface area contributed by atoms with Gasteiger partial charge in [-0.3, -0.25) is 4.68 Å². The molecule has 2 aromatic heterocycles. The second-order valence-corrected chi connectivity index (χ2v) is 6.54. The third kappa shape index (κ3) is 2.87. The Morgan fingerprint density at radius 2 is 1.88 bits per heavy atom. The highest BCUT2D eigenvalue weighted by Crippen LogP contribution is 2.40. The van der Waals surface area contributed by atoms with Gasteiger partial charge < -0.3 is 9.26 Å². The van der Waals surface area contributed by atoms with Gasteiger partial charge in [0.15, 0.2) is 11.5 Å². The topological polar surface area (TPSA) is 66.0 Å². The van der Waals surface area contributed by atoms with E-state index in [0.29, 0.717) is 24.8 Å². The Morgan fingerprint density at radius 3 is 2.56 bits per heavy atom. The van der Waals surface area contributed by atoms with Crippen LogP contribution in [0, 0.1) is 6.92 Å². The van der Waals surface area contributed by atoms with Crippen molar-refractivity contribution in [1.82, 2.24) is 19.9 Å². The van der Waals surface area contributed by atoms with Crippen molar-refractivity contribution in [2.24, 2.45) is 0 Å². The summed E-state index contributed by atoms with van der Waals surface area (Å²) in [5.41, 5.74) is 2.91. The molecule has 0 saturated carbocycles. The van der Waals surface area contributed by atoms with Crippen LogP contribution in [0.25, 0.3) is 11.6 Å². The number of ether oxygens (including phenoxy) is 1. The van der Waals surface area contributed by atoms with Gasteiger partial charge in [0.25, 0.3) is 5.89 Å². The predicted molar refractivity (Wildman–Crippen MR) is 93.2 cm³/mol.